The maximum Gasteiger partial charge on any atom is 0.208 e. The van der Waals surface area contributed by atoms with Crippen molar-refractivity contribution in [1.29, 1.82) is 0 Å². The number of halogens is 1. The lowest BCUT2D eigenvalue weighted by Crippen LogP contribution is -2.36. The number of ether oxygens (including phenoxy) is 1. The van der Waals surface area contributed by atoms with E-state index in [1.807, 2.05) is 12.1 Å². The smallest absolute Gasteiger partial charge is 0.208 e. The number of aliphatic imine (C=N–C) groups is 1. The predicted octanol–water partition coefficient (Wildman–Crippen LogP) is 0.867. The molecule has 14 heavy (non-hydrogen) atoms. The standard InChI is InChI=1S/C8H11BrN4O/c1-14-5-2-3-6(9)7(4-5)12-8(10)13-11/h2-4H,11H2,1H3,(H3,10,12,13). The molecule has 0 radical (unpaired) electrons. The van der Waals surface area contributed by atoms with Gasteiger partial charge in [-0.05, 0) is 28.1 Å². The molecule has 0 aromatic heterocycles. The second-order valence-electron chi connectivity index (χ2n) is 2.46. The number of benzene rings is 1. The number of nitrogens with two attached hydrogens (primary N) is 2. The van der Waals surface area contributed by atoms with Gasteiger partial charge in [0.2, 0.25) is 5.96 Å². The summed E-state index contributed by atoms with van der Waals surface area (Å²) < 4.78 is 5.86. The zero-order valence-corrected chi connectivity index (χ0v) is 9.21. The molecule has 1 aromatic carbocycles. The van der Waals surface area contributed by atoms with E-state index in [-0.39, 0.29) is 5.96 Å². The van der Waals surface area contributed by atoms with Crippen molar-refractivity contribution in [3.63, 3.8) is 0 Å². The van der Waals surface area contributed by atoms with Crippen molar-refractivity contribution in [1.82, 2.24) is 5.43 Å². The van der Waals surface area contributed by atoms with Gasteiger partial charge in [0.25, 0.3) is 0 Å². The Labute approximate surface area is 90.2 Å². The average molecular weight is 259 g/mol. The van der Waals surface area contributed by atoms with Crippen molar-refractivity contribution >= 4 is 27.6 Å². The van der Waals surface area contributed by atoms with Crippen LogP contribution in [0.15, 0.2) is 27.7 Å². The number of nitrogens with one attached hydrogen (secondary N) is 1. The lowest BCUT2D eigenvalue weighted by Gasteiger charge is -2.04. The molecule has 0 fully saturated rings. The molecule has 0 saturated carbocycles. The van der Waals surface area contributed by atoms with Crippen molar-refractivity contribution in [2.75, 3.05) is 7.11 Å². The van der Waals surface area contributed by atoms with Crippen LogP contribution in [0.1, 0.15) is 0 Å². The van der Waals surface area contributed by atoms with Crippen molar-refractivity contribution in [2.45, 2.75) is 0 Å². The van der Waals surface area contributed by atoms with Crippen LogP contribution in [0.25, 0.3) is 0 Å². The third-order valence-corrected chi connectivity index (χ3v) is 2.21. The molecule has 5 N–H and O–H groups in total. The summed E-state index contributed by atoms with van der Waals surface area (Å²) in [5.41, 5.74) is 8.31. The average Bonchev–Trinajstić information content (AvgIpc) is 2.21. The monoisotopic (exact) mass is 258 g/mol. The van der Waals surface area contributed by atoms with E-state index in [9.17, 15) is 0 Å². The Morgan fingerprint density at radius 2 is 2.29 bits per heavy atom. The molecule has 1 rings (SSSR count). The summed E-state index contributed by atoms with van der Waals surface area (Å²) in [6.07, 6.45) is 0. The van der Waals surface area contributed by atoms with E-state index in [0.29, 0.717) is 11.4 Å². The highest BCUT2D eigenvalue weighted by molar-refractivity contribution is 9.10. The van der Waals surface area contributed by atoms with Gasteiger partial charge in [-0.3, -0.25) is 5.43 Å². The molecule has 5 nitrogen and oxygen atoms in total. The zero-order valence-electron chi connectivity index (χ0n) is 7.62. The van der Waals surface area contributed by atoms with Crippen LogP contribution < -0.4 is 21.7 Å². The minimum atomic E-state index is 0.138. The first-order chi connectivity index (χ1) is 6.67. The summed E-state index contributed by atoms with van der Waals surface area (Å²) in [5.74, 6) is 5.93. The molecule has 0 aliphatic carbocycles. The van der Waals surface area contributed by atoms with Gasteiger partial charge in [-0.25, -0.2) is 10.8 Å². The fourth-order valence-electron chi connectivity index (χ4n) is 0.867. The molecule has 0 aliphatic rings. The summed E-state index contributed by atoms with van der Waals surface area (Å²) in [6, 6.07) is 5.38. The fourth-order valence-corrected chi connectivity index (χ4v) is 1.20. The molecule has 76 valence electrons. The third kappa shape index (κ3) is 2.61. The van der Waals surface area contributed by atoms with Gasteiger partial charge in [-0.1, -0.05) is 0 Å². The number of rotatable bonds is 2. The highest BCUT2D eigenvalue weighted by Crippen LogP contribution is 2.29. The molecule has 0 saturated heterocycles. The Hall–Kier alpha value is -1.27. The Morgan fingerprint density at radius 3 is 2.86 bits per heavy atom. The van der Waals surface area contributed by atoms with Gasteiger partial charge in [0.15, 0.2) is 0 Å². The van der Waals surface area contributed by atoms with Gasteiger partial charge < -0.3 is 10.5 Å². The second kappa shape index (κ2) is 4.83. The SMILES string of the molecule is COc1ccc(Br)c(N=C(N)NN)c1. The van der Waals surface area contributed by atoms with E-state index in [1.54, 1.807) is 13.2 Å². The van der Waals surface area contributed by atoms with Crippen molar-refractivity contribution in [2.24, 2.45) is 16.6 Å². The molecule has 0 spiro atoms. The van der Waals surface area contributed by atoms with E-state index >= 15 is 0 Å². The topological polar surface area (TPSA) is 85.7 Å². The van der Waals surface area contributed by atoms with Gasteiger partial charge >= 0.3 is 0 Å². The molecule has 1 aromatic rings. The van der Waals surface area contributed by atoms with Crippen LogP contribution in [0.3, 0.4) is 0 Å². The molecular formula is C8H11BrN4O. The van der Waals surface area contributed by atoms with Crippen LogP contribution in [-0.2, 0) is 0 Å². The van der Waals surface area contributed by atoms with Crippen molar-refractivity contribution in [3.8, 4) is 5.75 Å². The third-order valence-electron chi connectivity index (χ3n) is 1.54. The van der Waals surface area contributed by atoms with Crippen LogP contribution in [0, 0.1) is 0 Å². The lowest BCUT2D eigenvalue weighted by atomic mass is 10.3. The van der Waals surface area contributed by atoms with E-state index in [1.165, 1.54) is 0 Å². The highest BCUT2D eigenvalue weighted by atomic mass is 79.9. The first-order valence-corrected chi connectivity index (χ1v) is 4.61. The van der Waals surface area contributed by atoms with E-state index in [0.717, 1.165) is 4.47 Å². The van der Waals surface area contributed by atoms with Crippen LogP contribution in [-0.4, -0.2) is 13.1 Å². The normalized spacial score (nSPS) is 11.2. The first kappa shape index (κ1) is 10.8. The number of hydrogen-bond acceptors (Lipinski definition) is 3. The minimum absolute atomic E-state index is 0.138. The quantitative estimate of drug-likeness (QED) is 0.318. The van der Waals surface area contributed by atoms with E-state index in [2.05, 4.69) is 26.3 Å². The van der Waals surface area contributed by atoms with Crippen molar-refractivity contribution < 1.29 is 4.74 Å². The molecule has 0 unspecified atom stereocenters. The van der Waals surface area contributed by atoms with Gasteiger partial charge in [0.1, 0.15) is 5.75 Å². The Bertz CT molecular complexity index is 353. The largest absolute Gasteiger partial charge is 0.497 e. The van der Waals surface area contributed by atoms with Crippen molar-refractivity contribution in [3.05, 3.63) is 22.7 Å². The highest BCUT2D eigenvalue weighted by Gasteiger charge is 2.01. The molecule has 0 aliphatic heterocycles. The summed E-state index contributed by atoms with van der Waals surface area (Å²) in [6.45, 7) is 0. The van der Waals surface area contributed by atoms with Crippen LogP contribution in [0.5, 0.6) is 5.75 Å². The van der Waals surface area contributed by atoms with Gasteiger partial charge in [-0.15, -0.1) is 0 Å². The Kier molecular flexibility index (Phi) is 3.73. The zero-order chi connectivity index (χ0) is 10.6. The maximum atomic E-state index is 5.42. The van der Waals surface area contributed by atoms with Crippen LogP contribution >= 0.6 is 15.9 Å². The first-order valence-electron chi connectivity index (χ1n) is 3.81. The lowest BCUT2D eigenvalue weighted by molar-refractivity contribution is 0.415. The van der Waals surface area contributed by atoms with E-state index < -0.39 is 0 Å². The minimum Gasteiger partial charge on any atom is -0.497 e. The Balaban J connectivity index is 3.06. The summed E-state index contributed by atoms with van der Waals surface area (Å²) in [4.78, 5) is 4.02. The van der Waals surface area contributed by atoms with Gasteiger partial charge in [0, 0.05) is 10.5 Å². The predicted molar refractivity (Wildman–Crippen MR) is 59.3 cm³/mol. The summed E-state index contributed by atoms with van der Waals surface area (Å²) in [5, 5.41) is 0. The Morgan fingerprint density at radius 1 is 1.57 bits per heavy atom. The number of hydrazine groups is 1. The molecule has 0 amide bonds. The van der Waals surface area contributed by atoms with Crippen LogP contribution in [0.2, 0.25) is 0 Å². The second-order valence-corrected chi connectivity index (χ2v) is 3.31. The maximum absolute atomic E-state index is 5.42. The molecule has 6 heteroatoms. The molecular weight excluding hydrogens is 248 g/mol. The summed E-state index contributed by atoms with van der Waals surface area (Å²) >= 11 is 3.33. The number of nitrogens with zero attached hydrogens (tertiary/aromatic N) is 1. The van der Waals surface area contributed by atoms with Gasteiger partial charge in [-0.2, -0.15) is 0 Å². The van der Waals surface area contributed by atoms with E-state index in [4.69, 9.17) is 16.3 Å². The molecule has 0 bridgehead atoms. The number of methoxy groups -OCH3 is 1. The number of guanidine groups is 1. The van der Waals surface area contributed by atoms with Gasteiger partial charge in [0.05, 0.1) is 12.8 Å². The van der Waals surface area contributed by atoms with Crippen LogP contribution in [0.4, 0.5) is 5.69 Å². The fraction of sp³-hybridized carbons (Fsp3) is 0.125. The molecule has 0 atom stereocenters. The molecule has 0 heterocycles. The number of hydrogen-bond donors (Lipinski definition) is 3. The summed E-state index contributed by atoms with van der Waals surface area (Å²) in [7, 11) is 1.58.